The van der Waals surface area contributed by atoms with Crippen molar-refractivity contribution in [1.82, 2.24) is 0 Å². The molecule has 0 bridgehead atoms. The predicted molar refractivity (Wildman–Crippen MR) is 41.3 cm³/mol. The van der Waals surface area contributed by atoms with Gasteiger partial charge in [-0.2, -0.15) is 13.2 Å². The maximum absolute atomic E-state index is 12.9. The van der Waals surface area contributed by atoms with E-state index in [4.69, 9.17) is 23.2 Å². The molecule has 1 aromatic carbocycles. The number of benzene rings is 1. The van der Waals surface area contributed by atoms with Crippen molar-refractivity contribution in [2.45, 2.75) is 6.18 Å². The summed E-state index contributed by atoms with van der Waals surface area (Å²) in [5.41, 5.74) is -2.12. The third-order valence-corrected chi connectivity index (χ3v) is 2.18. The molecule has 8 heteroatoms. The van der Waals surface area contributed by atoms with E-state index in [-0.39, 0.29) is 0 Å². The average molecular weight is 269 g/mol. The van der Waals surface area contributed by atoms with Crippen molar-refractivity contribution in [2.24, 2.45) is 0 Å². The van der Waals surface area contributed by atoms with Gasteiger partial charge in [0.2, 0.25) is 0 Å². The molecular weight excluding hydrogens is 269 g/mol. The van der Waals surface area contributed by atoms with Gasteiger partial charge in [-0.15, -0.1) is 0 Å². The molecule has 1 aromatic rings. The Labute approximate surface area is 89.4 Å². The summed E-state index contributed by atoms with van der Waals surface area (Å²) in [4.78, 5) is 0. The summed E-state index contributed by atoms with van der Waals surface area (Å²) in [5, 5.41) is -3.26. The third-order valence-electron chi connectivity index (χ3n) is 1.49. The molecule has 0 fully saturated rings. The van der Waals surface area contributed by atoms with Gasteiger partial charge in [0.05, 0.1) is 5.02 Å². The summed E-state index contributed by atoms with van der Waals surface area (Å²) < 4.78 is 74.6. The molecule has 0 saturated heterocycles. The van der Waals surface area contributed by atoms with Crippen molar-refractivity contribution in [3.8, 4) is 0 Å². The van der Waals surface area contributed by atoms with Crippen molar-refractivity contribution < 1.29 is 26.3 Å². The number of hydrogen-bond acceptors (Lipinski definition) is 0. The molecule has 15 heavy (non-hydrogen) atoms. The van der Waals surface area contributed by atoms with Gasteiger partial charge in [-0.1, -0.05) is 23.2 Å². The summed E-state index contributed by atoms with van der Waals surface area (Å²) in [6.07, 6.45) is -5.25. The van der Waals surface area contributed by atoms with Gasteiger partial charge in [0, 0.05) is 0 Å². The molecule has 0 radical (unpaired) electrons. The van der Waals surface area contributed by atoms with Crippen LogP contribution in [0.25, 0.3) is 0 Å². The van der Waals surface area contributed by atoms with E-state index in [1.165, 1.54) is 0 Å². The lowest BCUT2D eigenvalue weighted by atomic mass is 10.2. The second kappa shape index (κ2) is 3.75. The van der Waals surface area contributed by atoms with Gasteiger partial charge in [0.1, 0.15) is 10.6 Å². The highest BCUT2D eigenvalue weighted by molar-refractivity contribution is 6.34. The van der Waals surface area contributed by atoms with E-state index in [0.29, 0.717) is 0 Å². The molecule has 0 aliphatic rings. The second-order valence-corrected chi connectivity index (χ2v) is 3.20. The zero-order valence-corrected chi connectivity index (χ0v) is 8.04. The van der Waals surface area contributed by atoms with Crippen LogP contribution >= 0.6 is 23.2 Å². The van der Waals surface area contributed by atoms with Gasteiger partial charge in [0.15, 0.2) is 17.5 Å². The molecule has 0 spiro atoms. The number of hydrogen-bond donors (Lipinski definition) is 0. The highest BCUT2D eigenvalue weighted by Crippen LogP contribution is 2.41. The molecule has 0 heterocycles. The molecule has 0 atom stereocenters. The lowest BCUT2D eigenvalue weighted by Crippen LogP contribution is -2.12. The molecule has 0 unspecified atom stereocenters. The fraction of sp³-hybridized carbons (Fsp3) is 0.143. The van der Waals surface area contributed by atoms with E-state index in [1.54, 1.807) is 0 Å². The van der Waals surface area contributed by atoms with Gasteiger partial charge in [-0.05, 0) is 0 Å². The Morgan fingerprint density at radius 2 is 1.13 bits per heavy atom. The Balaban J connectivity index is 3.68. The molecule has 0 aromatic heterocycles. The van der Waals surface area contributed by atoms with Crippen molar-refractivity contribution in [3.63, 3.8) is 0 Å². The highest BCUT2D eigenvalue weighted by atomic mass is 35.5. The third kappa shape index (κ3) is 2.01. The van der Waals surface area contributed by atoms with Crippen LogP contribution in [0.4, 0.5) is 26.3 Å². The summed E-state index contributed by atoms with van der Waals surface area (Å²) in [6.45, 7) is 0. The lowest BCUT2D eigenvalue weighted by Gasteiger charge is -2.12. The number of rotatable bonds is 0. The van der Waals surface area contributed by atoms with Crippen LogP contribution in [-0.4, -0.2) is 0 Å². The van der Waals surface area contributed by atoms with Crippen LogP contribution in [0.1, 0.15) is 5.56 Å². The summed E-state index contributed by atoms with van der Waals surface area (Å²) in [7, 11) is 0. The van der Waals surface area contributed by atoms with E-state index in [1.807, 2.05) is 0 Å². The van der Waals surface area contributed by atoms with Crippen molar-refractivity contribution in [3.05, 3.63) is 33.1 Å². The normalized spacial score (nSPS) is 12.0. The minimum absolute atomic E-state index is 1.58. The number of alkyl halides is 3. The molecule has 1 rings (SSSR count). The zero-order chi connectivity index (χ0) is 12.0. The van der Waals surface area contributed by atoms with Crippen LogP contribution in [0.3, 0.4) is 0 Å². The Morgan fingerprint density at radius 1 is 0.733 bits per heavy atom. The minimum Gasteiger partial charge on any atom is -0.205 e. The maximum atomic E-state index is 12.9. The van der Waals surface area contributed by atoms with Crippen LogP contribution in [0.2, 0.25) is 10.0 Å². The van der Waals surface area contributed by atoms with E-state index >= 15 is 0 Å². The lowest BCUT2D eigenvalue weighted by molar-refractivity contribution is -0.140. The van der Waals surface area contributed by atoms with Crippen LogP contribution in [0, 0.1) is 17.5 Å². The van der Waals surface area contributed by atoms with Gasteiger partial charge in [-0.25, -0.2) is 13.2 Å². The van der Waals surface area contributed by atoms with E-state index in [0.717, 1.165) is 0 Å². The van der Waals surface area contributed by atoms with Crippen LogP contribution in [-0.2, 0) is 6.18 Å². The summed E-state index contributed by atoms with van der Waals surface area (Å²) in [5.74, 6) is -6.12. The first-order valence-corrected chi connectivity index (χ1v) is 4.02. The van der Waals surface area contributed by atoms with E-state index in [9.17, 15) is 26.3 Å². The van der Waals surface area contributed by atoms with E-state index < -0.39 is 39.2 Å². The molecule has 84 valence electrons. The number of halogens is 8. The first-order chi connectivity index (χ1) is 6.68. The maximum Gasteiger partial charge on any atom is 0.420 e. The van der Waals surface area contributed by atoms with E-state index in [2.05, 4.69) is 0 Å². The smallest absolute Gasteiger partial charge is 0.205 e. The monoisotopic (exact) mass is 268 g/mol. The molecule has 0 nitrogen and oxygen atoms in total. The fourth-order valence-corrected chi connectivity index (χ4v) is 1.30. The van der Waals surface area contributed by atoms with Crippen LogP contribution in [0.15, 0.2) is 0 Å². The standard InChI is InChI=1S/C7Cl2F6/c8-2-1(7(13,14)15)4(10)3(9)6(12)5(2)11. The predicted octanol–water partition coefficient (Wildman–Crippen LogP) is 4.43. The Morgan fingerprint density at radius 3 is 1.53 bits per heavy atom. The SMILES string of the molecule is Fc1c(F)c(Cl)c(C(F)(F)F)c(F)c1Cl. The first kappa shape index (κ1) is 12.4. The largest absolute Gasteiger partial charge is 0.420 e. The quantitative estimate of drug-likeness (QED) is 0.371. The highest BCUT2D eigenvalue weighted by Gasteiger charge is 2.40. The molecule has 0 aliphatic heterocycles. The first-order valence-electron chi connectivity index (χ1n) is 3.26. The molecule has 0 saturated carbocycles. The van der Waals surface area contributed by atoms with Crippen molar-refractivity contribution >= 4 is 23.2 Å². The van der Waals surface area contributed by atoms with Gasteiger partial charge in [-0.3, -0.25) is 0 Å². The van der Waals surface area contributed by atoms with Gasteiger partial charge < -0.3 is 0 Å². The molecule has 0 aliphatic carbocycles. The van der Waals surface area contributed by atoms with Crippen LogP contribution < -0.4 is 0 Å². The summed E-state index contributed by atoms with van der Waals surface area (Å²) >= 11 is 9.64. The van der Waals surface area contributed by atoms with Crippen molar-refractivity contribution in [1.29, 1.82) is 0 Å². The average Bonchev–Trinajstić information content (AvgIpc) is 2.09. The summed E-state index contributed by atoms with van der Waals surface area (Å²) in [6, 6.07) is 0. The zero-order valence-electron chi connectivity index (χ0n) is 6.52. The Kier molecular flexibility index (Phi) is 3.11. The van der Waals surface area contributed by atoms with Gasteiger partial charge in [0.25, 0.3) is 0 Å². The molecular formula is C7Cl2F6. The molecule has 0 N–H and O–H groups in total. The second-order valence-electron chi connectivity index (χ2n) is 2.44. The Bertz CT molecular complexity index is 382. The fourth-order valence-electron chi connectivity index (χ4n) is 0.854. The van der Waals surface area contributed by atoms with Crippen molar-refractivity contribution in [2.75, 3.05) is 0 Å². The topological polar surface area (TPSA) is 0 Å². The van der Waals surface area contributed by atoms with Crippen LogP contribution in [0.5, 0.6) is 0 Å². The molecule has 0 amide bonds. The van der Waals surface area contributed by atoms with Gasteiger partial charge >= 0.3 is 6.18 Å². The minimum atomic E-state index is -5.25. The Hall–Kier alpha value is -0.620.